The Labute approximate surface area is 94.6 Å². The lowest BCUT2D eigenvalue weighted by molar-refractivity contribution is 0.608. The van der Waals surface area contributed by atoms with Crippen molar-refractivity contribution in [3.63, 3.8) is 0 Å². The van der Waals surface area contributed by atoms with Gasteiger partial charge in [0.25, 0.3) is 0 Å². The number of benzene rings is 1. The number of nitrogen functional groups attached to an aromatic ring is 1. The quantitative estimate of drug-likeness (QED) is 0.616. The van der Waals surface area contributed by atoms with Gasteiger partial charge in [-0.2, -0.15) is 0 Å². The van der Waals surface area contributed by atoms with Crippen LogP contribution in [-0.4, -0.2) is 0 Å². The minimum atomic E-state index is -0.318. The lowest BCUT2D eigenvalue weighted by atomic mass is 9.98. The predicted molar refractivity (Wildman–Crippen MR) is 62.6 cm³/mol. The fourth-order valence-electron chi connectivity index (χ4n) is 1.75. The highest BCUT2D eigenvalue weighted by atomic mass is 35.5. The molecule has 0 saturated carbocycles. The monoisotopic (exact) mass is 230 g/mol. The molecular weight excluding hydrogens is 215 g/mol. The minimum Gasteiger partial charge on any atom is -0.324 e. The maximum Gasteiger partial charge on any atom is 0.145 e. The summed E-state index contributed by atoms with van der Waals surface area (Å²) in [6.45, 7) is 3.96. The van der Waals surface area contributed by atoms with Crippen LogP contribution in [0.3, 0.4) is 0 Å². The Morgan fingerprint density at radius 2 is 2.07 bits per heavy atom. The zero-order valence-corrected chi connectivity index (χ0v) is 9.79. The summed E-state index contributed by atoms with van der Waals surface area (Å²) in [6.07, 6.45) is 2.37. The molecule has 2 nitrogen and oxygen atoms in total. The Hall–Kier alpha value is -0.800. The van der Waals surface area contributed by atoms with E-state index in [1.807, 2.05) is 13.8 Å². The second-order valence-corrected chi connectivity index (χ2v) is 3.83. The zero-order valence-electron chi connectivity index (χ0n) is 9.03. The van der Waals surface area contributed by atoms with Gasteiger partial charge in [-0.3, -0.25) is 5.84 Å². The van der Waals surface area contributed by atoms with Crippen molar-refractivity contribution in [3.05, 3.63) is 28.0 Å². The van der Waals surface area contributed by atoms with Crippen LogP contribution >= 0.6 is 11.6 Å². The van der Waals surface area contributed by atoms with Crippen molar-refractivity contribution in [2.75, 3.05) is 5.43 Å². The van der Waals surface area contributed by atoms with E-state index >= 15 is 0 Å². The SMILES string of the molecule is CCCc1c(NN)cc(Cl)c(F)c1CC. The van der Waals surface area contributed by atoms with Gasteiger partial charge in [0.2, 0.25) is 0 Å². The van der Waals surface area contributed by atoms with Crippen LogP contribution in [0.4, 0.5) is 10.1 Å². The number of hydrogen-bond acceptors (Lipinski definition) is 2. The first-order valence-electron chi connectivity index (χ1n) is 5.12. The Balaban J connectivity index is 3.35. The maximum atomic E-state index is 13.7. The summed E-state index contributed by atoms with van der Waals surface area (Å²) in [5.74, 6) is 5.07. The second kappa shape index (κ2) is 5.33. The smallest absolute Gasteiger partial charge is 0.145 e. The van der Waals surface area contributed by atoms with Gasteiger partial charge in [0.15, 0.2) is 0 Å². The lowest BCUT2D eigenvalue weighted by Crippen LogP contribution is -2.12. The van der Waals surface area contributed by atoms with Gasteiger partial charge in [0.1, 0.15) is 5.82 Å². The average molecular weight is 231 g/mol. The summed E-state index contributed by atoms with van der Waals surface area (Å²) in [7, 11) is 0. The van der Waals surface area contributed by atoms with Crippen molar-refractivity contribution < 1.29 is 4.39 Å². The van der Waals surface area contributed by atoms with Crippen LogP contribution in [0.5, 0.6) is 0 Å². The molecule has 0 unspecified atom stereocenters. The van der Waals surface area contributed by atoms with Gasteiger partial charge in [0.05, 0.1) is 10.7 Å². The van der Waals surface area contributed by atoms with Crippen molar-refractivity contribution in [3.8, 4) is 0 Å². The lowest BCUT2D eigenvalue weighted by Gasteiger charge is -2.15. The van der Waals surface area contributed by atoms with E-state index in [0.717, 1.165) is 24.1 Å². The van der Waals surface area contributed by atoms with Crippen molar-refractivity contribution in [1.29, 1.82) is 0 Å². The maximum absolute atomic E-state index is 13.7. The van der Waals surface area contributed by atoms with Gasteiger partial charge in [-0.25, -0.2) is 4.39 Å². The van der Waals surface area contributed by atoms with E-state index in [2.05, 4.69) is 5.43 Å². The molecule has 0 fully saturated rings. The van der Waals surface area contributed by atoms with Crippen LogP contribution in [0.25, 0.3) is 0 Å². The van der Waals surface area contributed by atoms with Gasteiger partial charge >= 0.3 is 0 Å². The average Bonchev–Trinajstić information content (AvgIpc) is 2.24. The van der Waals surface area contributed by atoms with Crippen LogP contribution < -0.4 is 11.3 Å². The second-order valence-electron chi connectivity index (χ2n) is 3.42. The molecule has 15 heavy (non-hydrogen) atoms. The highest BCUT2D eigenvalue weighted by molar-refractivity contribution is 6.31. The van der Waals surface area contributed by atoms with Crippen molar-refractivity contribution in [2.45, 2.75) is 33.1 Å². The molecule has 1 aromatic rings. The van der Waals surface area contributed by atoms with Gasteiger partial charge < -0.3 is 5.43 Å². The molecular formula is C11H16ClFN2. The molecule has 1 rings (SSSR count). The Morgan fingerprint density at radius 3 is 2.53 bits per heavy atom. The number of anilines is 1. The van der Waals surface area contributed by atoms with Gasteiger partial charge in [-0.05, 0) is 30.0 Å². The summed E-state index contributed by atoms with van der Waals surface area (Å²) < 4.78 is 13.7. The van der Waals surface area contributed by atoms with E-state index in [4.69, 9.17) is 17.4 Å². The van der Waals surface area contributed by atoms with E-state index in [0.29, 0.717) is 12.0 Å². The summed E-state index contributed by atoms with van der Waals surface area (Å²) in [6, 6.07) is 1.54. The van der Waals surface area contributed by atoms with Crippen LogP contribution in [-0.2, 0) is 12.8 Å². The summed E-state index contributed by atoms with van der Waals surface area (Å²) in [4.78, 5) is 0. The molecule has 0 heterocycles. The van der Waals surface area contributed by atoms with Crippen molar-refractivity contribution >= 4 is 17.3 Å². The summed E-state index contributed by atoms with van der Waals surface area (Å²) in [5, 5.41) is 0.125. The molecule has 0 aliphatic heterocycles. The molecule has 0 bridgehead atoms. The van der Waals surface area contributed by atoms with E-state index in [9.17, 15) is 4.39 Å². The molecule has 0 radical (unpaired) electrons. The van der Waals surface area contributed by atoms with Crippen LogP contribution in [0, 0.1) is 5.82 Å². The summed E-state index contributed by atoms with van der Waals surface area (Å²) in [5.41, 5.74) is 4.89. The molecule has 0 spiro atoms. The van der Waals surface area contributed by atoms with Crippen LogP contribution in [0.2, 0.25) is 5.02 Å². The van der Waals surface area contributed by atoms with E-state index in [1.54, 1.807) is 6.07 Å². The molecule has 0 aliphatic rings. The van der Waals surface area contributed by atoms with Gasteiger partial charge in [-0.15, -0.1) is 0 Å². The highest BCUT2D eigenvalue weighted by Gasteiger charge is 2.14. The van der Waals surface area contributed by atoms with E-state index < -0.39 is 0 Å². The number of halogens is 2. The molecule has 0 atom stereocenters. The van der Waals surface area contributed by atoms with Gasteiger partial charge in [0, 0.05) is 0 Å². The molecule has 0 amide bonds. The third-order valence-electron chi connectivity index (χ3n) is 2.44. The normalized spacial score (nSPS) is 10.5. The predicted octanol–water partition coefficient (Wildman–Crippen LogP) is 3.28. The number of hydrazine groups is 1. The molecule has 0 aliphatic carbocycles. The van der Waals surface area contributed by atoms with Crippen molar-refractivity contribution in [1.82, 2.24) is 0 Å². The standard InChI is InChI=1S/C11H16ClFN2/c1-3-5-8-7(4-2)11(13)9(12)6-10(8)15-14/h6,15H,3-5,14H2,1-2H3. The number of nitrogens with one attached hydrogen (secondary N) is 1. The molecule has 84 valence electrons. The van der Waals surface area contributed by atoms with Crippen molar-refractivity contribution in [2.24, 2.45) is 5.84 Å². The first-order valence-corrected chi connectivity index (χ1v) is 5.49. The Bertz CT molecular complexity index is 353. The topological polar surface area (TPSA) is 38.0 Å². The fourth-order valence-corrected chi connectivity index (χ4v) is 1.97. The third-order valence-corrected chi connectivity index (χ3v) is 2.72. The Kier molecular flexibility index (Phi) is 4.36. The molecule has 4 heteroatoms. The number of hydrogen-bond donors (Lipinski definition) is 2. The molecule has 1 aromatic carbocycles. The first kappa shape index (κ1) is 12.3. The molecule has 3 N–H and O–H groups in total. The summed E-state index contributed by atoms with van der Waals surface area (Å²) >= 11 is 5.78. The number of rotatable bonds is 4. The minimum absolute atomic E-state index is 0.125. The zero-order chi connectivity index (χ0) is 11.4. The largest absolute Gasteiger partial charge is 0.324 e. The Morgan fingerprint density at radius 1 is 1.40 bits per heavy atom. The van der Waals surface area contributed by atoms with Crippen LogP contribution in [0.15, 0.2) is 6.07 Å². The first-order chi connectivity index (χ1) is 7.15. The van der Waals surface area contributed by atoms with Gasteiger partial charge in [-0.1, -0.05) is 31.9 Å². The molecule has 0 aromatic heterocycles. The van der Waals surface area contributed by atoms with Crippen LogP contribution in [0.1, 0.15) is 31.4 Å². The highest BCUT2D eigenvalue weighted by Crippen LogP contribution is 2.30. The van der Waals surface area contributed by atoms with E-state index in [-0.39, 0.29) is 10.8 Å². The van der Waals surface area contributed by atoms with E-state index in [1.165, 1.54) is 0 Å². The third kappa shape index (κ3) is 2.41. The fraction of sp³-hybridized carbons (Fsp3) is 0.455. The molecule has 0 saturated heterocycles. The number of nitrogens with two attached hydrogens (primary N) is 1.